The predicted molar refractivity (Wildman–Crippen MR) is 91.9 cm³/mol. The third-order valence-corrected chi connectivity index (χ3v) is 4.49. The molecule has 1 heterocycles. The van der Waals surface area contributed by atoms with Crippen molar-refractivity contribution in [3.63, 3.8) is 0 Å². The Balaban J connectivity index is 1.71. The number of para-hydroxylation sites is 1. The number of aromatic nitrogens is 1. The Morgan fingerprint density at radius 1 is 1.39 bits per heavy atom. The van der Waals surface area contributed by atoms with Gasteiger partial charge in [-0.1, -0.05) is 41.7 Å². The standard InChI is InChI=1S/C17H17N3O2S/c1-22-17(18)9-7-12(8-10-17)15(21)14-11-19-16(23-14)20-13-5-3-2-4-6-13/h2-9,11H,10,18H2,1H3,(H,19,20). The highest BCUT2D eigenvalue weighted by atomic mass is 32.1. The second-order valence-corrected chi connectivity index (χ2v) is 6.24. The summed E-state index contributed by atoms with van der Waals surface area (Å²) >= 11 is 1.33. The number of nitrogens with one attached hydrogen (secondary N) is 1. The molecule has 0 saturated carbocycles. The molecule has 0 spiro atoms. The summed E-state index contributed by atoms with van der Waals surface area (Å²) in [5.74, 6) is -0.0574. The Bertz CT molecular complexity index is 767. The maximum atomic E-state index is 12.5. The summed E-state index contributed by atoms with van der Waals surface area (Å²) in [6.07, 6.45) is 7.28. The molecule has 6 heteroatoms. The van der Waals surface area contributed by atoms with Gasteiger partial charge in [0, 0.05) is 24.8 Å². The molecule has 1 atom stereocenters. The normalized spacial score (nSPS) is 20.2. The number of ketones is 1. The number of benzene rings is 1. The SMILES string of the molecule is COC1(N)C=CC(C(=O)c2cnc(Nc3ccccc3)s2)=CC1. The quantitative estimate of drug-likeness (QED) is 0.651. The summed E-state index contributed by atoms with van der Waals surface area (Å²) in [4.78, 5) is 17.3. The molecule has 0 saturated heterocycles. The van der Waals surface area contributed by atoms with E-state index in [0.29, 0.717) is 22.0 Å². The van der Waals surface area contributed by atoms with Crippen LogP contribution < -0.4 is 11.1 Å². The van der Waals surface area contributed by atoms with E-state index in [0.717, 1.165) is 5.69 Å². The van der Waals surface area contributed by atoms with Gasteiger partial charge < -0.3 is 10.1 Å². The first-order chi connectivity index (χ1) is 11.1. The van der Waals surface area contributed by atoms with E-state index in [2.05, 4.69) is 10.3 Å². The van der Waals surface area contributed by atoms with Crippen LogP contribution in [0.1, 0.15) is 16.1 Å². The molecule has 1 aromatic heterocycles. The van der Waals surface area contributed by atoms with Gasteiger partial charge in [-0.15, -0.1) is 0 Å². The molecule has 1 unspecified atom stereocenters. The minimum atomic E-state index is -0.822. The van der Waals surface area contributed by atoms with Crippen LogP contribution in [0.25, 0.3) is 0 Å². The number of hydrogen-bond acceptors (Lipinski definition) is 6. The Hall–Kier alpha value is -2.28. The van der Waals surface area contributed by atoms with E-state index in [4.69, 9.17) is 10.5 Å². The predicted octanol–water partition coefficient (Wildman–Crippen LogP) is 3.26. The maximum Gasteiger partial charge on any atom is 0.204 e. The number of ether oxygens (including phenoxy) is 1. The number of nitrogens with two attached hydrogens (primary N) is 1. The molecule has 0 fully saturated rings. The van der Waals surface area contributed by atoms with Crippen molar-refractivity contribution in [1.29, 1.82) is 0 Å². The molecule has 2 aromatic rings. The van der Waals surface area contributed by atoms with Gasteiger partial charge in [0.05, 0.1) is 11.1 Å². The monoisotopic (exact) mass is 327 g/mol. The third kappa shape index (κ3) is 3.56. The molecule has 0 aliphatic heterocycles. The van der Waals surface area contributed by atoms with Crippen molar-refractivity contribution < 1.29 is 9.53 Å². The first kappa shape index (κ1) is 15.6. The Labute approximate surface area is 138 Å². The molecule has 3 rings (SSSR count). The number of anilines is 2. The van der Waals surface area contributed by atoms with Gasteiger partial charge in [0.15, 0.2) is 5.13 Å². The van der Waals surface area contributed by atoms with E-state index >= 15 is 0 Å². The van der Waals surface area contributed by atoms with E-state index < -0.39 is 5.72 Å². The fraction of sp³-hybridized carbons (Fsp3) is 0.176. The largest absolute Gasteiger partial charge is 0.360 e. The lowest BCUT2D eigenvalue weighted by atomic mass is 9.97. The summed E-state index contributed by atoms with van der Waals surface area (Å²) in [7, 11) is 1.55. The molecule has 3 N–H and O–H groups in total. The van der Waals surface area contributed by atoms with Gasteiger partial charge in [0.2, 0.25) is 5.78 Å². The van der Waals surface area contributed by atoms with Gasteiger partial charge in [-0.25, -0.2) is 4.98 Å². The minimum absolute atomic E-state index is 0.0574. The third-order valence-electron chi connectivity index (χ3n) is 3.58. The zero-order valence-electron chi connectivity index (χ0n) is 12.7. The topological polar surface area (TPSA) is 77.2 Å². The van der Waals surface area contributed by atoms with E-state index in [1.165, 1.54) is 11.3 Å². The van der Waals surface area contributed by atoms with Crippen LogP contribution in [-0.4, -0.2) is 23.6 Å². The lowest BCUT2D eigenvalue weighted by Gasteiger charge is -2.25. The zero-order chi connectivity index (χ0) is 16.3. The van der Waals surface area contributed by atoms with Crippen LogP contribution in [0, 0.1) is 0 Å². The molecular formula is C17H17N3O2S. The van der Waals surface area contributed by atoms with Crippen molar-refractivity contribution in [2.24, 2.45) is 5.73 Å². The molecule has 0 amide bonds. The number of carbonyl (C=O) groups is 1. The second kappa shape index (κ2) is 6.45. The average molecular weight is 327 g/mol. The summed E-state index contributed by atoms with van der Waals surface area (Å²) in [6.45, 7) is 0. The van der Waals surface area contributed by atoms with Crippen molar-refractivity contribution in [3.05, 3.63) is 65.2 Å². The van der Waals surface area contributed by atoms with E-state index in [1.54, 1.807) is 31.5 Å². The molecule has 0 radical (unpaired) electrons. The second-order valence-electron chi connectivity index (χ2n) is 5.21. The fourth-order valence-electron chi connectivity index (χ4n) is 2.18. The lowest BCUT2D eigenvalue weighted by molar-refractivity contribution is 0.0393. The number of carbonyl (C=O) groups excluding carboxylic acids is 1. The number of methoxy groups -OCH3 is 1. The van der Waals surface area contributed by atoms with Crippen LogP contribution >= 0.6 is 11.3 Å². The maximum absolute atomic E-state index is 12.5. The molecule has 5 nitrogen and oxygen atoms in total. The molecule has 1 aliphatic carbocycles. The van der Waals surface area contributed by atoms with Crippen LogP contribution in [0.3, 0.4) is 0 Å². The number of hydrogen-bond donors (Lipinski definition) is 2. The van der Waals surface area contributed by atoms with Gasteiger partial charge >= 0.3 is 0 Å². The smallest absolute Gasteiger partial charge is 0.204 e. The molecule has 1 aromatic carbocycles. The van der Waals surface area contributed by atoms with Gasteiger partial charge in [-0.3, -0.25) is 10.5 Å². The number of Topliss-reactive ketones (excluding diaryl/α,β-unsaturated/α-hetero) is 1. The lowest BCUT2D eigenvalue weighted by Crippen LogP contribution is -2.40. The number of rotatable bonds is 5. The van der Waals surface area contributed by atoms with Crippen molar-refractivity contribution in [2.45, 2.75) is 12.1 Å². The van der Waals surface area contributed by atoms with Crippen molar-refractivity contribution in [2.75, 3.05) is 12.4 Å². The van der Waals surface area contributed by atoms with Crippen LogP contribution in [-0.2, 0) is 4.74 Å². The summed E-state index contributed by atoms with van der Waals surface area (Å²) in [5, 5.41) is 3.87. The molecule has 1 aliphatic rings. The van der Waals surface area contributed by atoms with Crippen LogP contribution in [0.4, 0.5) is 10.8 Å². The van der Waals surface area contributed by atoms with Crippen LogP contribution in [0.5, 0.6) is 0 Å². The number of allylic oxidation sites excluding steroid dienone is 2. The van der Waals surface area contributed by atoms with E-state index in [1.807, 2.05) is 30.3 Å². The number of thiazole rings is 1. The zero-order valence-corrected chi connectivity index (χ0v) is 13.5. The molecule has 23 heavy (non-hydrogen) atoms. The Morgan fingerprint density at radius 3 is 2.83 bits per heavy atom. The fourth-order valence-corrected chi connectivity index (χ4v) is 2.98. The van der Waals surface area contributed by atoms with E-state index in [9.17, 15) is 4.79 Å². The first-order valence-corrected chi connectivity index (χ1v) is 7.97. The van der Waals surface area contributed by atoms with Gasteiger partial charge in [-0.05, 0) is 18.2 Å². The van der Waals surface area contributed by atoms with Crippen molar-refractivity contribution in [1.82, 2.24) is 4.98 Å². The average Bonchev–Trinajstić information content (AvgIpc) is 3.04. The highest BCUT2D eigenvalue weighted by Crippen LogP contribution is 2.27. The Morgan fingerprint density at radius 2 is 2.17 bits per heavy atom. The van der Waals surface area contributed by atoms with Gasteiger partial charge in [0.25, 0.3) is 0 Å². The van der Waals surface area contributed by atoms with Crippen molar-refractivity contribution >= 4 is 27.9 Å². The molecule has 0 bridgehead atoms. The summed E-state index contributed by atoms with van der Waals surface area (Å²) < 4.78 is 5.20. The highest BCUT2D eigenvalue weighted by molar-refractivity contribution is 7.17. The van der Waals surface area contributed by atoms with Crippen LogP contribution in [0.2, 0.25) is 0 Å². The van der Waals surface area contributed by atoms with Gasteiger partial charge in [-0.2, -0.15) is 0 Å². The molecule has 118 valence electrons. The van der Waals surface area contributed by atoms with Crippen molar-refractivity contribution in [3.8, 4) is 0 Å². The minimum Gasteiger partial charge on any atom is -0.360 e. The summed E-state index contributed by atoms with van der Waals surface area (Å²) in [5.41, 5.74) is 6.69. The first-order valence-electron chi connectivity index (χ1n) is 7.16. The molecular weight excluding hydrogens is 310 g/mol. The van der Waals surface area contributed by atoms with Crippen LogP contribution in [0.15, 0.2) is 60.3 Å². The number of nitrogens with zero attached hydrogens (tertiary/aromatic N) is 1. The summed E-state index contributed by atoms with van der Waals surface area (Å²) in [6, 6.07) is 9.71. The Kier molecular flexibility index (Phi) is 4.38. The van der Waals surface area contributed by atoms with Gasteiger partial charge in [0.1, 0.15) is 5.72 Å². The van der Waals surface area contributed by atoms with E-state index in [-0.39, 0.29) is 5.78 Å². The highest BCUT2D eigenvalue weighted by Gasteiger charge is 2.25.